The van der Waals surface area contributed by atoms with Crippen molar-refractivity contribution in [3.05, 3.63) is 54.2 Å². The van der Waals surface area contributed by atoms with Gasteiger partial charge in [-0.25, -0.2) is 0 Å². The minimum Gasteiger partial charge on any atom is -0.397 e. The second kappa shape index (κ2) is 12.0. The summed E-state index contributed by atoms with van der Waals surface area (Å²) in [5.41, 5.74) is 18.9. The Morgan fingerprint density at radius 3 is 2.40 bits per heavy atom. The molecule has 0 heterocycles. The highest BCUT2D eigenvalue weighted by molar-refractivity contribution is 5.94. The van der Waals surface area contributed by atoms with Gasteiger partial charge in [-0.1, -0.05) is 18.2 Å². The number of nitrogens with two attached hydrogens (primary N) is 3. The Labute approximate surface area is 149 Å². The number of unbranched alkanes of at least 4 members (excludes halogenated alkanes) is 1. The lowest BCUT2D eigenvalue weighted by Gasteiger charge is -2.17. The highest BCUT2D eigenvalue weighted by Gasteiger charge is 2.06. The first-order valence-electron chi connectivity index (χ1n) is 8.21. The van der Waals surface area contributed by atoms with Crippen LogP contribution >= 0.6 is 0 Å². The molecule has 0 aliphatic rings. The van der Waals surface area contributed by atoms with Crippen LogP contribution in [0.15, 0.2) is 48.1 Å². The fourth-order valence-electron chi connectivity index (χ4n) is 1.98. The van der Waals surface area contributed by atoms with Crippen molar-refractivity contribution in [2.45, 2.75) is 12.8 Å². The molecule has 1 rings (SSSR count). The van der Waals surface area contributed by atoms with Crippen LogP contribution in [-0.4, -0.2) is 43.4 Å². The number of rotatable bonds is 11. The number of hydrogen-bond acceptors (Lipinski definition) is 6. The summed E-state index contributed by atoms with van der Waals surface area (Å²) in [5.74, 6) is -0.148. The summed E-state index contributed by atoms with van der Waals surface area (Å²) < 4.78 is 0. The van der Waals surface area contributed by atoms with E-state index in [1.165, 1.54) is 0 Å². The van der Waals surface area contributed by atoms with Crippen LogP contribution in [0.4, 0.5) is 0 Å². The van der Waals surface area contributed by atoms with E-state index in [-0.39, 0.29) is 5.91 Å². The molecule has 1 aromatic rings. The quantitative estimate of drug-likeness (QED) is 0.205. The molecule has 0 atom stereocenters. The van der Waals surface area contributed by atoms with Crippen molar-refractivity contribution in [3.63, 3.8) is 0 Å². The molecule has 0 aliphatic carbocycles. The van der Waals surface area contributed by atoms with Gasteiger partial charge in [0.15, 0.2) is 0 Å². The van der Waals surface area contributed by atoms with E-state index < -0.39 is 0 Å². The first-order chi connectivity index (χ1) is 12.1. The van der Waals surface area contributed by atoms with E-state index in [1.54, 1.807) is 36.7 Å². The number of aliphatic imine (C=N–C) groups is 1. The zero-order valence-electron chi connectivity index (χ0n) is 14.5. The van der Waals surface area contributed by atoms with Crippen LogP contribution in [0.2, 0.25) is 0 Å². The van der Waals surface area contributed by atoms with Gasteiger partial charge in [0.1, 0.15) is 0 Å². The average molecular weight is 344 g/mol. The fourth-order valence-corrected chi connectivity index (χ4v) is 1.98. The Kier molecular flexibility index (Phi) is 9.84. The third-order valence-electron chi connectivity index (χ3n) is 3.53. The molecule has 0 radical (unpaired) electrons. The Balaban J connectivity index is 2.54. The lowest BCUT2D eigenvalue weighted by Crippen LogP contribution is -2.40. The van der Waals surface area contributed by atoms with Crippen molar-refractivity contribution in [1.29, 1.82) is 0 Å². The summed E-state index contributed by atoms with van der Waals surface area (Å²) >= 11 is 0. The summed E-state index contributed by atoms with van der Waals surface area (Å²) in [6, 6.07) is 7.06. The minimum atomic E-state index is -0.148. The zero-order chi connectivity index (χ0) is 18.5. The molecule has 136 valence electrons. The molecule has 0 fully saturated rings. The second-order valence-corrected chi connectivity index (χ2v) is 5.37. The maximum absolute atomic E-state index is 12.1. The van der Waals surface area contributed by atoms with Gasteiger partial charge < -0.3 is 22.5 Å². The summed E-state index contributed by atoms with van der Waals surface area (Å²) in [4.78, 5) is 18.1. The summed E-state index contributed by atoms with van der Waals surface area (Å²) in [5, 5.41) is 2.83. The first-order valence-corrected chi connectivity index (χ1v) is 8.21. The van der Waals surface area contributed by atoms with Crippen molar-refractivity contribution in [3.8, 4) is 0 Å². The van der Waals surface area contributed by atoms with Crippen LogP contribution in [0.1, 0.15) is 28.8 Å². The normalized spacial score (nSPS) is 11.9. The van der Waals surface area contributed by atoms with Gasteiger partial charge in [0, 0.05) is 44.4 Å². The third kappa shape index (κ3) is 7.75. The Bertz CT molecular complexity index is 590. The van der Waals surface area contributed by atoms with Gasteiger partial charge in [-0.15, -0.1) is 6.58 Å². The van der Waals surface area contributed by atoms with Crippen LogP contribution < -0.4 is 22.5 Å². The fraction of sp³-hybridized carbons (Fsp3) is 0.333. The molecule has 0 saturated heterocycles. The minimum absolute atomic E-state index is 0.148. The number of allylic oxidation sites excluding steroid dienone is 1. The highest BCUT2D eigenvalue weighted by atomic mass is 16.1. The summed E-state index contributed by atoms with van der Waals surface area (Å²) in [6.45, 7) is 5.47. The van der Waals surface area contributed by atoms with Crippen molar-refractivity contribution >= 4 is 17.8 Å². The first kappa shape index (κ1) is 20.6. The molecular formula is C18H28N6O. The van der Waals surface area contributed by atoms with E-state index in [0.717, 1.165) is 18.4 Å². The Morgan fingerprint density at radius 2 is 1.80 bits per heavy atom. The number of nitrogens with one attached hydrogen (secondary N) is 1. The van der Waals surface area contributed by atoms with E-state index in [4.69, 9.17) is 17.2 Å². The lowest BCUT2D eigenvalue weighted by molar-refractivity contribution is 0.0948. The molecule has 0 aromatic heterocycles. The largest absolute Gasteiger partial charge is 0.397 e. The van der Waals surface area contributed by atoms with Crippen LogP contribution in [0, 0.1) is 0 Å². The molecule has 0 saturated carbocycles. The van der Waals surface area contributed by atoms with Crippen molar-refractivity contribution in [2.24, 2.45) is 22.2 Å². The van der Waals surface area contributed by atoms with E-state index in [1.807, 2.05) is 11.0 Å². The molecule has 7 N–H and O–H groups in total. The van der Waals surface area contributed by atoms with Gasteiger partial charge in [0.2, 0.25) is 0 Å². The maximum atomic E-state index is 12.1. The maximum Gasteiger partial charge on any atom is 0.251 e. The molecule has 0 unspecified atom stereocenters. The smallest absolute Gasteiger partial charge is 0.251 e. The number of hydrogen-bond donors (Lipinski definition) is 4. The molecule has 1 amide bonds. The van der Waals surface area contributed by atoms with Crippen molar-refractivity contribution < 1.29 is 4.79 Å². The molecule has 7 heteroatoms. The van der Waals surface area contributed by atoms with E-state index in [9.17, 15) is 4.79 Å². The van der Waals surface area contributed by atoms with Crippen LogP contribution in [0.5, 0.6) is 0 Å². The lowest BCUT2D eigenvalue weighted by atomic mass is 10.1. The number of carbonyl (C=O) groups is 1. The zero-order valence-corrected chi connectivity index (χ0v) is 14.5. The van der Waals surface area contributed by atoms with Gasteiger partial charge >= 0.3 is 0 Å². The van der Waals surface area contributed by atoms with Crippen LogP contribution in [0.25, 0.3) is 5.70 Å². The molecule has 25 heavy (non-hydrogen) atoms. The van der Waals surface area contributed by atoms with E-state index >= 15 is 0 Å². The van der Waals surface area contributed by atoms with Crippen LogP contribution in [0.3, 0.4) is 0 Å². The van der Waals surface area contributed by atoms with Crippen LogP contribution in [-0.2, 0) is 0 Å². The van der Waals surface area contributed by atoms with Gasteiger partial charge in [-0.2, -0.15) is 0 Å². The molecule has 7 nitrogen and oxygen atoms in total. The SMILES string of the molecule is C=CCCC=N/C=C(\N)c1ccc(C(=O)NCCN(CN)CN)cc1. The van der Waals surface area contributed by atoms with E-state index in [0.29, 0.717) is 37.7 Å². The number of carbonyl (C=O) groups excluding carboxylic acids is 1. The van der Waals surface area contributed by atoms with Gasteiger partial charge in [-0.05, 0) is 30.5 Å². The number of amides is 1. The standard InChI is InChI=1S/C18H28N6O/c1-2-3-4-9-22-12-17(21)15-5-7-16(8-6-15)18(25)23-10-11-24(13-19)14-20/h2,5-9,12H,1,3-4,10-11,13-14,19-21H2,(H,23,25)/b17-12-,22-9?. The van der Waals surface area contributed by atoms with E-state index in [2.05, 4.69) is 16.9 Å². The molecule has 1 aromatic carbocycles. The average Bonchev–Trinajstić information content (AvgIpc) is 2.65. The predicted molar refractivity (Wildman–Crippen MR) is 104 cm³/mol. The molecule has 0 aliphatic heterocycles. The molecule has 0 bridgehead atoms. The van der Waals surface area contributed by atoms with Gasteiger partial charge in [0.05, 0.1) is 5.70 Å². The number of nitrogens with zero attached hydrogens (tertiary/aromatic N) is 2. The monoisotopic (exact) mass is 344 g/mol. The second-order valence-electron chi connectivity index (χ2n) is 5.37. The number of benzene rings is 1. The Hall–Kier alpha value is -2.48. The summed E-state index contributed by atoms with van der Waals surface area (Å²) in [6.07, 6.45) is 6.95. The Morgan fingerprint density at radius 1 is 1.16 bits per heavy atom. The molecule has 0 spiro atoms. The highest BCUT2D eigenvalue weighted by Crippen LogP contribution is 2.11. The van der Waals surface area contributed by atoms with Gasteiger partial charge in [0.25, 0.3) is 5.91 Å². The predicted octanol–water partition coefficient (Wildman–Crippen LogP) is 0.845. The van der Waals surface area contributed by atoms with Crippen molar-refractivity contribution in [2.75, 3.05) is 26.4 Å². The third-order valence-corrected chi connectivity index (χ3v) is 3.53. The topological polar surface area (TPSA) is 123 Å². The summed E-state index contributed by atoms with van der Waals surface area (Å²) in [7, 11) is 0. The molecular weight excluding hydrogens is 316 g/mol. The van der Waals surface area contributed by atoms with Crippen molar-refractivity contribution in [1.82, 2.24) is 10.2 Å². The van der Waals surface area contributed by atoms with Gasteiger partial charge in [-0.3, -0.25) is 14.7 Å².